The van der Waals surface area contributed by atoms with Gasteiger partial charge in [0.2, 0.25) is 0 Å². The van der Waals surface area contributed by atoms with Crippen molar-refractivity contribution in [3.8, 4) is 0 Å². The predicted molar refractivity (Wildman–Crippen MR) is 75.2 cm³/mol. The van der Waals surface area contributed by atoms with E-state index in [1.807, 2.05) is 24.3 Å². The van der Waals surface area contributed by atoms with Crippen molar-refractivity contribution < 1.29 is 0 Å². The summed E-state index contributed by atoms with van der Waals surface area (Å²) in [6.45, 7) is 2.10. The number of hydrogen-bond acceptors (Lipinski definition) is 2. The van der Waals surface area contributed by atoms with Gasteiger partial charge in [-0.3, -0.25) is 4.99 Å². The molecule has 1 unspecified atom stereocenters. The second kappa shape index (κ2) is 4.30. The third-order valence-electron chi connectivity index (χ3n) is 3.15. The number of benzene rings is 2. The van der Waals surface area contributed by atoms with E-state index in [1.54, 1.807) is 0 Å². The molecular weight excluding hydrogens is 220 g/mol. The quantitative estimate of drug-likeness (QED) is 0.848. The largest absolute Gasteiger partial charge is 0.361 e. The Balaban J connectivity index is 1.86. The molecular formula is C16H15N2. The third-order valence-corrected chi connectivity index (χ3v) is 3.15. The Labute approximate surface area is 107 Å². The number of hydrogen-bond donors (Lipinski definition) is 1. The molecule has 0 fully saturated rings. The molecule has 0 aliphatic carbocycles. The molecule has 1 N–H and O–H groups in total. The molecule has 0 saturated carbocycles. The van der Waals surface area contributed by atoms with E-state index in [4.69, 9.17) is 0 Å². The molecule has 2 heteroatoms. The van der Waals surface area contributed by atoms with Crippen LogP contribution in [0.5, 0.6) is 0 Å². The van der Waals surface area contributed by atoms with E-state index in [0.29, 0.717) is 0 Å². The molecule has 2 aromatic carbocycles. The van der Waals surface area contributed by atoms with Crippen molar-refractivity contribution in [3.63, 3.8) is 0 Å². The van der Waals surface area contributed by atoms with Crippen molar-refractivity contribution in [1.82, 2.24) is 0 Å². The summed E-state index contributed by atoms with van der Waals surface area (Å²) >= 11 is 0. The van der Waals surface area contributed by atoms with Crippen LogP contribution in [0.2, 0.25) is 0 Å². The van der Waals surface area contributed by atoms with Gasteiger partial charge in [0.1, 0.15) is 5.66 Å². The first kappa shape index (κ1) is 11.0. The van der Waals surface area contributed by atoms with E-state index >= 15 is 0 Å². The first-order valence-corrected chi connectivity index (χ1v) is 6.14. The number of anilines is 1. The molecule has 0 bridgehead atoms. The summed E-state index contributed by atoms with van der Waals surface area (Å²) < 4.78 is 0. The van der Waals surface area contributed by atoms with Crippen LogP contribution in [0.4, 0.5) is 5.69 Å². The van der Waals surface area contributed by atoms with Gasteiger partial charge in [-0.05, 0) is 18.6 Å². The van der Waals surface area contributed by atoms with E-state index in [-0.39, 0.29) is 5.66 Å². The van der Waals surface area contributed by atoms with Crippen LogP contribution >= 0.6 is 0 Å². The van der Waals surface area contributed by atoms with Gasteiger partial charge in [-0.15, -0.1) is 0 Å². The van der Waals surface area contributed by atoms with Gasteiger partial charge in [0, 0.05) is 17.7 Å². The summed E-state index contributed by atoms with van der Waals surface area (Å²) in [6, 6.07) is 18.5. The van der Waals surface area contributed by atoms with Crippen LogP contribution in [0.1, 0.15) is 18.1 Å². The number of aliphatic imine (C=N–C) groups is 1. The third kappa shape index (κ3) is 2.14. The van der Waals surface area contributed by atoms with Crippen LogP contribution in [0.3, 0.4) is 0 Å². The zero-order valence-corrected chi connectivity index (χ0v) is 10.4. The standard InChI is InChI=1S/C16H15N2/c1-16(11-13-7-3-2-4-8-13)17-12-14-9-5-6-10-15(14)18-16/h2-10,18H,11H2,1H3. The van der Waals surface area contributed by atoms with Crippen molar-refractivity contribution >= 4 is 11.9 Å². The van der Waals surface area contributed by atoms with E-state index < -0.39 is 0 Å². The van der Waals surface area contributed by atoms with Gasteiger partial charge in [-0.1, -0.05) is 48.5 Å². The van der Waals surface area contributed by atoms with Gasteiger partial charge in [0.05, 0.1) is 6.21 Å². The molecule has 0 spiro atoms. The summed E-state index contributed by atoms with van der Waals surface area (Å²) in [4.78, 5) is 4.54. The summed E-state index contributed by atoms with van der Waals surface area (Å²) in [5, 5.41) is 3.49. The smallest absolute Gasteiger partial charge is 0.131 e. The molecule has 1 heterocycles. The van der Waals surface area contributed by atoms with Crippen LogP contribution in [0, 0.1) is 0 Å². The molecule has 1 atom stereocenters. The Bertz CT molecular complexity index is 575. The Morgan fingerprint density at radius 3 is 2.61 bits per heavy atom. The lowest BCUT2D eigenvalue weighted by molar-refractivity contribution is 0.535. The highest BCUT2D eigenvalue weighted by molar-refractivity contribution is 5.90. The number of para-hydroxylation sites is 1. The molecule has 3 rings (SSSR count). The van der Waals surface area contributed by atoms with Gasteiger partial charge in [0.25, 0.3) is 0 Å². The van der Waals surface area contributed by atoms with E-state index in [2.05, 4.69) is 53.8 Å². The predicted octanol–water partition coefficient (Wildman–Crippen LogP) is 3.37. The molecule has 1 aliphatic heterocycles. The molecule has 1 aliphatic rings. The van der Waals surface area contributed by atoms with Gasteiger partial charge >= 0.3 is 0 Å². The van der Waals surface area contributed by atoms with E-state index in [0.717, 1.165) is 17.7 Å². The summed E-state index contributed by atoms with van der Waals surface area (Å²) in [5.41, 5.74) is 3.10. The maximum absolute atomic E-state index is 4.54. The first-order valence-electron chi connectivity index (χ1n) is 6.14. The second-order valence-corrected chi connectivity index (χ2v) is 4.83. The summed E-state index contributed by atoms with van der Waals surface area (Å²) in [6.07, 6.45) is 3.99. The maximum Gasteiger partial charge on any atom is 0.131 e. The average Bonchev–Trinajstić information content (AvgIpc) is 2.39. The van der Waals surface area contributed by atoms with Gasteiger partial charge in [0.15, 0.2) is 0 Å². The number of nitrogens with zero attached hydrogens (tertiary/aromatic N) is 1. The highest BCUT2D eigenvalue weighted by Gasteiger charge is 2.26. The fourth-order valence-electron chi connectivity index (χ4n) is 2.27. The van der Waals surface area contributed by atoms with Gasteiger partial charge in [-0.2, -0.15) is 0 Å². The van der Waals surface area contributed by atoms with Crippen LogP contribution in [0.25, 0.3) is 0 Å². The zero-order valence-electron chi connectivity index (χ0n) is 10.4. The van der Waals surface area contributed by atoms with Crippen LogP contribution < -0.4 is 5.32 Å². The molecule has 89 valence electrons. The molecule has 18 heavy (non-hydrogen) atoms. The zero-order chi connectivity index (χ0) is 12.4. The highest BCUT2D eigenvalue weighted by atomic mass is 15.1. The lowest BCUT2D eigenvalue weighted by atomic mass is 9.99. The number of fused-ring (bicyclic) bond motifs is 1. The van der Waals surface area contributed by atoms with Crippen molar-refractivity contribution in [2.24, 2.45) is 4.99 Å². The Kier molecular flexibility index (Phi) is 2.63. The monoisotopic (exact) mass is 235 g/mol. The van der Waals surface area contributed by atoms with Crippen LogP contribution in [-0.2, 0) is 6.42 Å². The SMILES string of the molecule is CC1(Cc2ccccc2)N=[C]c2ccccc2N1. The van der Waals surface area contributed by atoms with Crippen molar-refractivity contribution in [2.45, 2.75) is 19.0 Å². The fourth-order valence-corrected chi connectivity index (χ4v) is 2.27. The summed E-state index contributed by atoms with van der Waals surface area (Å²) in [5.74, 6) is 0. The molecule has 2 aromatic rings. The Hall–Kier alpha value is -2.09. The minimum absolute atomic E-state index is 0.310. The minimum Gasteiger partial charge on any atom is -0.361 e. The van der Waals surface area contributed by atoms with Crippen molar-refractivity contribution in [1.29, 1.82) is 0 Å². The Morgan fingerprint density at radius 1 is 1.06 bits per heavy atom. The maximum atomic E-state index is 4.54. The van der Waals surface area contributed by atoms with Crippen LogP contribution in [0.15, 0.2) is 59.6 Å². The topological polar surface area (TPSA) is 24.4 Å². The van der Waals surface area contributed by atoms with Crippen LogP contribution in [-0.4, -0.2) is 11.9 Å². The molecule has 0 aromatic heterocycles. The molecule has 2 nitrogen and oxygen atoms in total. The van der Waals surface area contributed by atoms with Gasteiger partial charge in [-0.25, -0.2) is 0 Å². The van der Waals surface area contributed by atoms with Gasteiger partial charge < -0.3 is 5.32 Å². The average molecular weight is 235 g/mol. The second-order valence-electron chi connectivity index (χ2n) is 4.83. The number of rotatable bonds is 2. The molecule has 0 saturated heterocycles. The van der Waals surface area contributed by atoms with Crippen molar-refractivity contribution in [3.05, 3.63) is 65.7 Å². The lowest BCUT2D eigenvalue weighted by Gasteiger charge is -2.31. The normalized spacial score (nSPS) is 21.2. The molecule has 1 radical (unpaired) electrons. The molecule has 0 amide bonds. The first-order chi connectivity index (χ1) is 8.75. The van der Waals surface area contributed by atoms with E-state index in [9.17, 15) is 0 Å². The Morgan fingerprint density at radius 2 is 1.78 bits per heavy atom. The highest BCUT2D eigenvalue weighted by Crippen LogP contribution is 2.27. The number of nitrogens with one attached hydrogen (secondary N) is 1. The minimum atomic E-state index is -0.310. The van der Waals surface area contributed by atoms with Crippen molar-refractivity contribution in [2.75, 3.05) is 5.32 Å². The van der Waals surface area contributed by atoms with E-state index in [1.165, 1.54) is 5.56 Å². The summed E-state index contributed by atoms with van der Waals surface area (Å²) in [7, 11) is 0. The fraction of sp³-hybridized carbons (Fsp3) is 0.188. The lowest BCUT2D eigenvalue weighted by Crippen LogP contribution is -2.37.